The van der Waals surface area contributed by atoms with Gasteiger partial charge in [0.2, 0.25) is 0 Å². The zero-order chi connectivity index (χ0) is 20.1. The molecule has 146 valence electrons. The van der Waals surface area contributed by atoms with E-state index in [1.54, 1.807) is 0 Å². The zero-order valence-corrected chi connectivity index (χ0v) is 17.0. The highest BCUT2D eigenvalue weighted by Crippen LogP contribution is 2.28. The number of benzene rings is 2. The Morgan fingerprint density at radius 3 is 2.64 bits per heavy atom. The lowest BCUT2D eigenvalue weighted by Crippen LogP contribution is -2.10. The summed E-state index contributed by atoms with van der Waals surface area (Å²) in [5.41, 5.74) is 3.23. The predicted octanol–water partition coefficient (Wildman–Crippen LogP) is 5.40. The van der Waals surface area contributed by atoms with E-state index >= 15 is 0 Å². The number of carbonyl (C=O) groups is 1. The number of hydrogen-bond donors (Lipinski definition) is 1. The predicted molar refractivity (Wildman–Crippen MR) is 111 cm³/mol. The van der Waals surface area contributed by atoms with Crippen LogP contribution >= 0.6 is 11.3 Å². The maximum atomic E-state index is 11.0. The first-order valence-electron chi connectivity index (χ1n) is 9.09. The second-order valence-corrected chi connectivity index (χ2v) is 7.62. The summed E-state index contributed by atoms with van der Waals surface area (Å²) in [6.07, 6.45) is 0. The molecule has 0 atom stereocenters. The van der Waals surface area contributed by atoms with Crippen molar-refractivity contribution in [1.29, 1.82) is 0 Å². The molecule has 1 aromatic heterocycles. The highest BCUT2D eigenvalue weighted by molar-refractivity contribution is 7.13. The molecule has 0 spiro atoms. The van der Waals surface area contributed by atoms with Gasteiger partial charge in [0.05, 0.1) is 0 Å². The van der Waals surface area contributed by atoms with Gasteiger partial charge in [0.15, 0.2) is 5.69 Å². The molecule has 0 aliphatic carbocycles. The number of carboxylic acid groups (broad SMARTS) is 1. The number of ether oxygens (including phenoxy) is 2. The molecule has 28 heavy (non-hydrogen) atoms. The second kappa shape index (κ2) is 8.89. The SMILES string of the molecule is Cc1ccc(C(C)C)c(OCCOc2cccc(-c3nc(C(=O)O)cs3)c2)c1. The number of aryl methyl sites for hydroxylation is 1. The monoisotopic (exact) mass is 397 g/mol. The van der Waals surface area contributed by atoms with E-state index in [0.717, 1.165) is 16.9 Å². The van der Waals surface area contributed by atoms with Crippen LogP contribution in [0.5, 0.6) is 11.5 Å². The van der Waals surface area contributed by atoms with Crippen molar-refractivity contribution < 1.29 is 19.4 Å². The minimum Gasteiger partial charge on any atom is -0.490 e. The van der Waals surface area contributed by atoms with Gasteiger partial charge < -0.3 is 14.6 Å². The van der Waals surface area contributed by atoms with Crippen molar-refractivity contribution in [3.8, 4) is 22.1 Å². The molecule has 2 aromatic carbocycles. The minimum atomic E-state index is -1.02. The fourth-order valence-corrected chi connectivity index (χ4v) is 3.57. The first-order chi connectivity index (χ1) is 13.4. The molecule has 0 radical (unpaired) electrons. The maximum absolute atomic E-state index is 11.0. The van der Waals surface area contributed by atoms with Crippen LogP contribution in [-0.2, 0) is 0 Å². The third kappa shape index (κ3) is 4.89. The molecule has 1 heterocycles. The van der Waals surface area contributed by atoms with Gasteiger partial charge in [-0.1, -0.05) is 38.1 Å². The van der Waals surface area contributed by atoms with Crippen LogP contribution in [0.2, 0.25) is 0 Å². The first-order valence-corrected chi connectivity index (χ1v) is 9.97. The van der Waals surface area contributed by atoms with Crippen molar-refractivity contribution in [3.05, 3.63) is 64.7 Å². The van der Waals surface area contributed by atoms with E-state index in [1.807, 2.05) is 31.2 Å². The highest BCUT2D eigenvalue weighted by Gasteiger charge is 2.11. The Labute approximate surface area is 168 Å². The molecule has 0 saturated carbocycles. The van der Waals surface area contributed by atoms with Crippen LogP contribution in [0.4, 0.5) is 0 Å². The van der Waals surface area contributed by atoms with Crippen molar-refractivity contribution in [1.82, 2.24) is 4.98 Å². The summed E-state index contributed by atoms with van der Waals surface area (Å²) in [6, 6.07) is 13.7. The molecule has 0 saturated heterocycles. The van der Waals surface area contributed by atoms with Gasteiger partial charge in [-0.05, 0) is 42.2 Å². The van der Waals surface area contributed by atoms with Crippen molar-refractivity contribution in [2.75, 3.05) is 13.2 Å². The molecule has 5 nitrogen and oxygen atoms in total. The Morgan fingerprint density at radius 2 is 1.93 bits per heavy atom. The summed E-state index contributed by atoms with van der Waals surface area (Å²) in [6.45, 7) is 7.19. The summed E-state index contributed by atoms with van der Waals surface area (Å²) < 4.78 is 11.8. The fraction of sp³-hybridized carbons (Fsp3) is 0.273. The van der Waals surface area contributed by atoms with Crippen molar-refractivity contribution >= 4 is 17.3 Å². The fourth-order valence-electron chi connectivity index (χ4n) is 2.78. The summed E-state index contributed by atoms with van der Waals surface area (Å²) in [5.74, 6) is 0.962. The average molecular weight is 397 g/mol. The molecule has 1 N–H and O–H groups in total. The molecule has 0 amide bonds. The van der Waals surface area contributed by atoms with E-state index in [-0.39, 0.29) is 5.69 Å². The molecular weight excluding hydrogens is 374 g/mol. The third-order valence-corrected chi connectivity index (χ3v) is 5.10. The second-order valence-electron chi connectivity index (χ2n) is 6.76. The number of rotatable bonds is 8. The van der Waals surface area contributed by atoms with Crippen LogP contribution in [0.25, 0.3) is 10.6 Å². The Bertz CT molecular complexity index is 965. The van der Waals surface area contributed by atoms with Gasteiger partial charge in [0, 0.05) is 10.9 Å². The van der Waals surface area contributed by atoms with Crippen LogP contribution in [0, 0.1) is 6.92 Å². The molecular formula is C22H23NO4S. The van der Waals surface area contributed by atoms with Crippen LogP contribution < -0.4 is 9.47 Å². The summed E-state index contributed by atoms with van der Waals surface area (Å²) in [7, 11) is 0. The quantitative estimate of drug-likeness (QED) is 0.516. The van der Waals surface area contributed by atoms with Crippen molar-refractivity contribution in [2.24, 2.45) is 0 Å². The molecule has 0 aliphatic heterocycles. The molecule has 0 unspecified atom stereocenters. The van der Waals surface area contributed by atoms with E-state index in [9.17, 15) is 4.79 Å². The number of hydrogen-bond acceptors (Lipinski definition) is 5. The first kappa shape index (κ1) is 19.9. The normalized spacial score (nSPS) is 10.9. The van der Waals surface area contributed by atoms with E-state index < -0.39 is 5.97 Å². The summed E-state index contributed by atoms with van der Waals surface area (Å²) >= 11 is 1.30. The number of aromatic nitrogens is 1. The average Bonchev–Trinajstić information content (AvgIpc) is 3.16. The minimum absolute atomic E-state index is 0.0545. The van der Waals surface area contributed by atoms with Gasteiger partial charge in [-0.15, -0.1) is 11.3 Å². The standard InChI is InChI=1S/C22H23NO4S/c1-14(2)18-8-7-15(3)11-20(18)27-10-9-26-17-6-4-5-16(12-17)21-23-19(13-28-21)22(24)25/h4-8,11-14H,9-10H2,1-3H3,(H,24,25). The number of aromatic carboxylic acids is 1. The number of carboxylic acids is 1. The van der Waals surface area contributed by atoms with Crippen molar-refractivity contribution in [3.63, 3.8) is 0 Å². The molecule has 6 heteroatoms. The van der Waals surface area contributed by atoms with Crippen LogP contribution in [0.3, 0.4) is 0 Å². The van der Waals surface area contributed by atoms with Crippen LogP contribution in [-0.4, -0.2) is 29.3 Å². The Balaban J connectivity index is 1.60. The smallest absolute Gasteiger partial charge is 0.355 e. The topological polar surface area (TPSA) is 68.7 Å². The van der Waals surface area contributed by atoms with Gasteiger partial charge in [-0.2, -0.15) is 0 Å². The lowest BCUT2D eigenvalue weighted by molar-refractivity contribution is 0.0691. The van der Waals surface area contributed by atoms with E-state index in [4.69, 9.17) is 14.6 Å². The third-order valence-electron chi connectivity index (χ3n) is 4.20. The highest BCUT2D eigenvalue weighted by atomic mass is 32.1. The number of nitrogens with zero attached hydrogens (tertiary/aromatic N) is 1. The van der Waals surface area contributed by atoms with Crippen molar-refractivity contribution in [2.45, 2.75) is 26.7 Å². The number of thiazole rings is 1. The van der Waals surface area contributed by atoms with Gasteiger partial charge in [0.1, 0.15) is 29.7 Å². The van der Waals surface area contributed by atoms with E-state index in [0.29, 0.717) is 29.9 Å². The summed E-state index contributed by atoms with van der Waals surface area (Å²) in [5, 5.41) is 11.2. The Kier molecular flexibility index (Phi) is 6.31. The lowest BCUT2D eigenvalue weighted by Gasteiger charge is -2.15. The van der Waals surface area contributed by atoms with E-state index in [1.165, 1.54) is 22.3 Å². The van der Waals surface area contributed by atoms with Gasteiger partial charge in [-0.3, -0.25) is 0 Å². The van der Waals surface area contributed by atoms with Gasteiger partial charge in [-0.25, -0.2) is 9.78 Å². The molecule has 0 bridgehead atoms. The molecule has 0 fully saturated rings. The molecule has 3 aromatic rings. The Morgan fingerprint density at radius 1 is 1.14 bits per heavy atom. The van der Waals surface area contributed by atoms with Gasteiger partial charge >= 0.3 is 5.97 Å². The van der Waals surface area contributed by atoms with E-state index in [2.05, 4.69) is 37.0 Å². The maximum Gasteiger partial charge on any atom is 0.355 e. The van der Waals surface area contributed by atoms with Crippen LogP contribution in [0.15, 0.2) is 47.8 Å². The molecule has 3 rings (SSSR count). The lowest BCUT2D eigenvalue weighted by atomic mass is 10.0. The Hall–Kier alpha value is -2.86. The van der Waals surface area contributed by atoms with Crippen LogP contribution in [0.1, 0.15) is 41.4 Å². The molecule has 0 aliphatic rings. The zero-order valence-electron chi connectivity index (χ0n) is 16.1. The largest absolute Gasteiger partial charge is 0.490 e. The summed E-state index contributed by atoms with van der Waals surface area (Å²) in [4.78, 5) is 15.1. The van der Waals surface area contributed by atoms with Gasteiger partial charge in [0.25, 0.3) is 0 Å².